The summed E-state index contributed by atoms with van der Waals surface area (Å²) >= 11 is 5.12. The average molecular weight is 249 g/mol. The van der Waals surface area contributed by atoms with E-state index in [1.165, 1.54) is 0 Å². The lowest BCUT2D eigenvalue weighted by molar-refractivity contribution is 0.337. The van der Waals surface area contributed by atoms with E-state index in [2.05, 4.69) is 0 Å². The SMILES string of the molecule is O=P(O)(O)C(CCCl)P(=O)(O)O.[B]. The normalized spacial score (nSPS) is 12.8. The molecule has 0 rings (SSSR count). The zero-order chi connectivity index (χ0) is 9.99. The molecule has 0 saturated heterocycles. The Kier molecular flexibility index (Phi) is 6.83. The first-order valence-corrected chi connectivity index (χ1v) is 6.75. The van der Waals surface area contributed by atoms with E-state index in [0.717, 1.165) is 0 Å². The fourth-order valence-corrected chi connectivity index (χ4v) is 3.65. The second-order valence-electron chi connectivity index (χ2n) is 2.14. The van der Waals surface area contributed by atoms with Gasteiger partial charge in [-0.2, -0.15) is 0 Å². The quantitative estimate of drug-likeness (QED) is 0.314. The van der Waals surface area contributed by atoms with Crippen LogP contribution in [0.4, 0.5) is 0 Å². The van der Waals surface area contributed by atoms with Gasteiger partial charge in [0.15, 0.2) is 5.40 Å². The predicted octanol–water partition coefficient (Wildman–Crippen LogP) is -0.0840. The second-order valence-corrected chi connectivity index (χ2v) is 6.52. The standard InChI is InChI=1S/C3H9ClO6P2.B/c4-2-1-3(11(5,6)7)12(8,9)10;/h3H,1-2H2,(H2,5,6,7)(H2,8,9,10);. The minimum Gasteiger partial charge on any atom is -0.324 e. The zero-order valence-electron chi connectivity index (χ0n) is 6.45. The van der Waals surface area contributed by atoms with E-state index in [1.807, 2.05) is 0 Å². The zero-order valence-corrected chi connectivity index (χ0v) is 8.99. The van der Waals surface area contributed by atoms with Crippen molar-refractivity contribution >= 4 is 35.2 Å². The van der Waals surface area contributed by atoms with Gasteiger partial charge in [-0.25, -0.2) is 0 Å². The molecule has 3 radical (unpaired) electrons. The molecule has 0 aliphatic carbocycles. The van der Waals surface area contributed by atoms with Crippen LogP contribution in [0.5, 0.6) is 0 Å². The maximum atomic E-state index is 10.5. The largest absolute Gasteiger partial charge is 0.340 e. The van der Waals surface area contributed by atoms with Gasteiger partial charge in [0.2, 0.25) is 0 Å². The summed E-state index contributed by atoms with van der Waals surface area (Å²) in [4.78, 5) is 34.0. The lowest BCUT2D eigenvalue weighted by atomic mass is 10.6. The molecule has 4 N–H and O–H groups in total. The van der Waals surface area contributed by atoms with Crippen molar-refractivity contribution in [3.8, 4) is 0 Å². The second kappa shape index (κ2) is 5.52. The molecule has 0 saturated carbocycles. The smallest absolute Gasteiger partial charge is 0.324 e. The van der Waals surface area contributed by atoms with Crippen LogP contribution in [0.1, 0.15) is 6.42 Å². The Labute approximate surface area is 82.2 Å². The maximum absolute atomic E-state index is 10.5. The molecule has 0 aliphatic rings. The molecule has 0 bridgehead atoms. The third-order valence-electron chi connectivity index (χ3n) is 1.14. The third-order valence-corrected chi connectivity index (χ3v) is 5.24. The fourth-order valence-electron chi connectivity index (χ4n) is 0.630. The summed E-state index contributed by atoms with van der Waals surface area (Å²) in [5.41, 5.74) is 0. The molecule has 0 aliphatic heterocycles. The van der Waals surface area contributed by atoms with E-state index < -0.39 is 27.0 Å². The Bertz CT molecular complexity index is 212. The van der Waals surface area contributed by atoms with Gasteiger partial charge in [0.05, 0.1) is 0 Å². The summed E-state index contributed by atoms with van der Waals surface area (Å²) in [5.74, 6) is -0.207. The Morgan fingerprint density at radius 2 is 1.38 bits per heavy atom. The van der Waals surface area contributed by atoms with Crippen molar-refractivity contribution in [3.63, 3.8) is 0 Å². The molecule has 0 unspecified atom stereocenters. The van der Waals surface area contributed by atoms with Crippen molar-refractivity contribution in [1.29, 1.82) is 0 Å². The van der Waals surface area contributed by atoms with Crippen LogP contribution in [0.25, 0.3) is 0 Å². The van der Waals surface area contributed by atoms with Gasteiger partial charge in [0.25, 0.3) is 0 Å². The first-order valence-electron chi connectivity index (χ1n) is 2.86. The molecule has 10 heteroatoms. The van der Waals surface area contributed by atoms with Crippen molar-refractivity contribution < 1.29 is 28.7 Å². The molecular weight excluding hydrogens is 240 g/mol. The minimum absolute atomic E-state index is 0. The molecule has 77 valence electrons. The first kappa shape index (κ1) is 16.1. The molecule has 6 nitrogen and oxygen atoms in total. The molecule has 0 spiro atoms. The van der Waals surface area contributed by atoms with Crippen LogP contribution in [0.2, 0.25) is 0 Å². The Hall–Kier alpha value is 0.655. The molecule has 0 amide bonds. The van der Waals surface area contributed by atoms with Crippen LogP contribution in [0.3, 0.4) is 0 Å². The molecular formula is C3H9BClO6P2. The van der Waals surface area contributed by atoms with Gasteiger partial charge >= 0.3 is 15.2 Å². The van der Waals surface area contributed by atoms with Crippen molar-refractivity contribution in [3.05, 3.63) is 0 Å². The molecule has 0 heterocycles. The molecule has 13 heavy (non-hydrogen) atoms. The first-order chi connectivity index (χ1) is 5.19. The van der Waals surface area contributed by atoms with Crippen molar-refractivity contribution in [2.45, 2.75) is 11.8 Å². The van der Waals surface area contributed by atoms with Gasteiger partial charge in [-0.1, -0.05) is 0 Å². The van der Waals surface area contributed by atoms with E-state index in [1.54, 1.807) is 0 Å². The van der Waals surface area contributed by atoms with E-state index >= 15 is 0 Å². The van der Waals surface area contributed by atoms with Gasteiger partial charge in [0.1, 0.15) is 0 Å². The summed E-state index contributed by atoms with van der Waals surface area (Å²) in [6.07, 6.45) is -0.407. The van der Waals surface area contributed by atoms with Gasteiger partial charge in [-0.05, 0) is 6.42 Å². The topological polar surface area (TPSA) is 115 Å². The van der Waals surface area contributed by atoms with Crippen molar-refractivity contribution in [1.82, 2.24) is 0 Å². The predicted molar refractivity (Wildman–Crippen MR) is 49.0 cm³/mol. The van der Waals surface area contributed by atoms with Crippen LogP contribution in [0, 0.1) is 0 Å². The number of alkyl halides is 1. The lowest BCUT2D eigenvalue weighted by Gasteiger charge is -2.17. The highest BCUT2D eigenvalue weighted by Crippen LogP contribution is 2.61. The summed E-state index contributed by atoms with van der Waals surface area (Å²) in [6.45, 7) is 0. The van der Waals surface area contributed by atoms with Crippen LogP contribution in [-0.2, 0) is 9.13 Å². The van der Waals surface area contributed by atoms with E-state index in [-0.39, 0.29) is 14.3 Å². The van der Waals surface area contributed by atoms with Gasteiger partial charge in [-0.15, -0.1) is 11.6 Å². The highest BCUT2D eigenvalue weighted by molar-refractivity contribution is 7.70. The van der Waals surface area contributed by atoms with Crippen molar-refractivity contribution in [2.75, 3.05) is 5.88 Å². The Morgan fingerprint density at radius 3 is 1.46 bits per heavy atom. The molecule has 0 atom stereocenters. The minimum atomic E-state index is -4.76. The summed E-state index contributed by atoms with van der Waals surface area (Å²) in [7, 11) is -9.52. The number of halogens is 1. The lowest BCUT2D eigenvalue weighted by Crippen LogP contribution is -2.09. The molecule has 0 aromatic heterocycles. The molecule has 0 aromatic rings. The highest BCUT2D eigenvalue weighted by Gasteiger charge is 2.42. The third kappa shape index (κ3) is 5.86. The number of hydrogen-bond acceptors (Lipinski definition) is 2. The number of hydrogen-bond donors (Lipinski definition) is 4. The molecule has 0 aromatic carbocycles. The van der Waals surface area contributed by atoms with Crippen LogP contribution < -0.4 is 0 Å². The average Bonchev–Trinajstić information content (AvgIpc) is 1.77. The summed E-state index contributed by atoms with van der Waals surface area (Å²) in [6, 6.07) is 0. The van der Waals surface area contributed by atoms with Gasteiger partial charge in [0, 0.05) is 14.3 Å². The van der Waals surface area contributed by atoms with Gasteiger partial charge < -0.3 is 19.6 Å². The fraction of sp³-hybridized carbons (Fsp3) is 1.00. The number of rotatable bonds is 4. The Balaban J connectivity index is 0. The highest BCUT2D eigenvalue weighted by atomic mass is 35.5. The molecule has 0 fully saturated rings. The van der Waals surface area contributed by atoms with E-state index in [4.69, 9.17) is 31.2 Å². The monoisotopic (exact) mass is 249 g/mol. The van der Waals surface area contributed by atoms with E-state index in [0.29, 0.717) is 0 Å². The maximum Gasteiger partial charge on any atom is 0.340 e. The van der Waals surface area contributed by atoms with Crippen LogP contribution in [0.15, 0.2) is 0 Å². The Morgan fingerprint density at radius 1 is 1.08 bits per heavy atom. The van der Waals surface area contributed by atoms with Crippen molar-refractivity contribution in [2.24, 2.45) is 0 Å². The van der Waals surface area contributed by atoms with Gasteiger partial charge in [-0.3, -0.25) is 9.13 Å². The van der Waals surface area contributed by atoms with E-state index in [9.17, 15) is 9.13 Å². The summed E-state index contributed by atoms with van der Waals surface area (Å²) in [5, 5.41) is -1.97. The van der Waals surface area contributed by atoms with Crippen LogP contribution >= 0.6 is 26.8 Å². The summed E-state index contributed by atoms with van der Waals surface area (Å²) < 4.78 is 21.0. The van der Waals surface area contributed by atoms with Crippen LogP contribution in [-0.4, -0.2) is 39.3 Å².